The van der Waals surface area contributed by atoms with Gasteiger partial charge in [0, 0.05) is 12.8 Å². The van der Waals surface area contributed by atoms with Gasteiger partial charge in [-0.05, 0) is 42.6 Å². The van der Waals surface area contributed by atoms with Crippen molar-refractivity contribution in [3.05, 3.63) is 35.9 Å². The SMILES string of the molecule is CC(C)C[C@]1(CCc2ccccc2)CCC(=O)C1. The zero-order valence-electron chi connectivity index (χ0n) is 11.6. The van der Waals surface area contributed by atoms with Crippen LogP contribution in [0.1, 0.15) is 51.5 Å². The molecule has 0 radical (unpaired) electrons. The van der Waals surface area contributed by atoms with Crippen molar-refractivity contribution in [1.82, 2.24) is 0 Å². The molecule has 0 N–H and O–H groups in total. The molecule has 98 valence electrons. The van der Waals surface area contributed by atoms with Crippen molar-refractivity contribution in [2.45, 2.75) is 52.4 Å². The summed E-state index contributed by atoms with van der Waals surface area (Å²) in [5, 5.41) is 0. The topological polar surface area (TPSA) is 17.1 Å². The summed E-state index contributed by atoms with van der Waals surface area (Å²) in [7, 11) is 0. The number of hydrogen-bond acceptors (Lipinski definition) is 1. The fourth-order valence-electron chi connectivity index (χ4n) is 3.41. The number of aryl methyl sites for hydroxylation is 1. The summed E-state index contributed by atoms with van der Waals surface area (Å²) in [5.41, 5.74) is 1.70. The molecule has 1 saturated carbocycles. The van der Waals surface area contributed by atoms with Gasteiger partial charge in [-0.1, -0.05) is 44.2 Å². The van der Waals surface area contributed by atoms with Gasteiger partial charge in [-0.3, -0.25) is 4.79 Å². The molecular weight excluding hydrogens is 220 g/mol. The normalized spacial score (nSPS) is 23.8. The molecule has 1 atom stereocenters. The molecule has 0 bridgehead atoms. The first-order chi connectivity index (χ1) is 8.60. The highest BCUT2D eigenvalue weighted by Gasteiger charge is 2.38. The van der Waals surface area contributed by atoms with E-state index in [9.17, 15) is 4.79 Å². The van der Waals surface area contributed by atoms with Crippen LogP contribution in [0.4, 0.5) is 0 Å². The van der Waals surface area contributed by atoms with E-state index in [1.165, 1.54) is 18.4 Å². The van der Waals surface area contributed by atoms with Crippen molar-refractivity contribution in [1.29, 1.82) is 0 Å². The number of Topliss-reactive ketones (excluding diaryl/α,β-unsaturated/α-hetero) is 1. The van der Waals surface area contributed by atoms with Crippen LogP contribution in [0.5, 0.6) is 0 Å². The van der Waals surface area contributed by atoms with Crippen molar-refractivity contribution >= 4 is 5.78 Å². The molecule has 2 rings (SSSR count). The highest BCUT2D eigenvalue weighted by Crippen LogP contribution is 2.45. The summed E-state index contributed by atoms with van der Waals surface area (Å²) < 4.78 is 0. The average molecular weight is 244 g/mol. The van der Waals surface area contributed by atoms with Crippen LogP contribution >= 0.6 is 0 Å². The Morgan fingerprint density at radius 3 is 2.50 bits per heavy atom. The van der Waals surface area contributed by atoms with Gasteiger partial charge >= 0.3 is 0 Å². The predicted molar refractivity (Wildman–Crippen MR) is 75.5 cm³/mol. The standard InChI is InChI=1S/C17H24O/c1-14(2)12-17(11-9-16(18)13-17)10-8-15-6-4-3-5-7-15/h3-7,14H,8-13H2,1-2H3/t17-/m0/s1. The van der Waals surface area contributed by atoms with Gasteiger partial charge in [-0.15, -0.1) is 0 Å². The van der Waals surface area contributed by atoms with E-state index in [4.69, 9.17) is 0 Å². The maximum absolute atomic E-state index is 11.7. The van der Waals surface area contributed by atoms with Crippen molar-refractivity contribution in [2.24, 2.45) is 11.3 Å². The van der Waals surface area contributed by atoms with E-state index in [0.717, 1.165) is 25.7 Å². The molecule has 0 saturated heterocycles. The number of ketones is 1. The minimum Gasteiger partial charge on any atom is -0.300 e. The maximum Gasteiger partial charge on any atom is 0.133 e. The molecule has 1 nitrogen and oxygen atoms in total. The van der Waals surface area contributed by atoms with Gasteiger partial charge in [-0.25, -0.2) is 0 Å². The van der Waals surface area contributed by atoms with Gasteiger partial charge in [0.15, 0.2) is 0 Å². The smallest absolute Gasteiger partial charge is 0.133 e. The minimum absolute atomic E-state index is 0.293. The van der Waals surface area contributed by atoms with E-state index in [2.05, 4.69) is 44.2 Å². The minimum atomic E-state index is 0.293. The van der Waals surface area contributed by atoms with E-state index < -0.39 is 0 Å². The Labute approximate surface area is 111 Å². The Morgan fingerprint density at radius 1 is 1.22 bits per heavy atom. The van der Waals surface area contributed by atoms with Crippen LogP contribution in [0.25, 0.3) is 0 Å². The first kappa shape index (κ1) is 13.3. The molecule has 1 heteroatoms. The molecule has 1 fully saturated rings. The molecule has 0 heterocycles. The third-order valence-corrected chi connectivity index (χ3v) is 4.13. The molecule has 1 aliphatic rings. The van der Waals surface area contributed by atoms with Gasteiger partial charge in [0.25, 0.3) is 0 Å². The third kappa shape index (κ3) is 3.44. The fraction of sp³-hybridized carbons (Fsp3) is 0.588. The Morgan fingerprint density at radius 2 is 1.94 bits per heavy atom. The van der Waals surface area contributed by atoms with E-state index in [-0.39, 0.29) is 0 Å². The largest absolute Gasteiger partial charge is 0.300 e. The van der Waals surface area contributed by atoms with E-state index in [1.54, 1.807) is 0 Å². The van der Waals surface area contributed by atoms with Gasteiger partial charge in [0.2, 0.25) is 0 Å². The number of rotatable bonds is 5. The molecule has 1 aromatic carbocycles. The van der Waals surface area contributed by atoms with Crippen LogP contribution in [0.3, 0.4) is 0 Å². The third-order valence-electron chi connectivity index (χ3n) is 4.13. The lowest BCUT2D eigenvalue weighted by Crippen LogP contribution is -2.21. The first-order valence-electron chi connectivity index (χ1n) is 7.15. The molecule has 0 aliphatic heterocycles. The lowest BCUT2D eigenvalue weighted by atomic mass is 9.74. The second-order valence-electron chi connectivity index (χ2n) is 6.30. The van der Waals surface area contributed by atoms with Crippen LogP contribution < -0.4 is 0 Å². The van der Waals surface area contributed by atoms with Crippen LogP contribution in [0.15, 0.2) is 30.3 Å². The quantitative estimate of drug-likeness (QED) is 0.750. The number of carbonyl (C=O) groups is 1. The van der Waals surface area contributed by atoms with Gasteiger partial charge in [0.1, 0.15) is 5.78 Å². The predicted octanol–water partition coefficient (Wildman–Crippen LogP) is 4.40. The highest BCUT2D eigenvalue weighted by atomic mass is 16.1. The Kier molecular flexibility index (Phi) is 4.21. The number of benzene rings is 1. The molecule has 0 spiro atoms. The van der Waals surface area contributed by atoms with Crippen LogP contribution in [-0.4, -0.2) is 5.78 Å². The highest BCUT2D eigenvalue weighted by molar-refractivity contribution is 5.81. The summed E-state index contributed by atoms with van der Waals surface area (Å²) >= 11 is 0. The second-order valence-corrected chi connectivity index (χ2v) is 6.30. The Balaban J connectivity index is 2.00. The van der Waals surface area contributed by atoms with Gasteiger partial charge in [-0.2, -0.15) is 0 Å². The van der Waals surface area contributed by atoms with Gasteiger partial charge in [0.05, 0.1) is 0 Å². The zero-order valence-corrected chi connectivity index (χ0v) is 11.6. The monoisotopic (exact) mass is 244 g/mol. The number of carbonyl (C=O) groups excluding carboxylic acids is 1. The molecule has 1 aliphatic carbocycles. The zero-order chi connectivity index (χ0) is 13.0. The molecule has 1 aromatic rings. The second kappa shape index (κ2) is 5.69. The molecule has 0 aromatic heterocycles. The molecule has 18 heavy (non-hydrogen) atoms. The van der Waals surface area contributed by atoms with E-state index >= 15 is 0 Å². The van der Waals surface area contributed by atoms with Crippen molar-refractivity contribution in [2.75, 3.05) is 0 Å². The van der Waals surface area contributed by atoms with Crippen LogP contribution in [-0.2, 0) is 11.2 Å². The van der Waals surface area contributed by atoms with E-state index in [0.29, 0.717) is 17.1 Å². The first-order valence-corrected chi connectivity index (χ1v) is 7.15. The summed E-state index contributed by atoms with van der Waals surface area (Å²) in [5.74, 6) is 1.16. The number of hydrogen-bond donors (Lipinski definition) is 0. The van der Waals surface area contributed by atoms with E-state index in [1.807, 2.05) is 0 Å². The van der Waals surface area contributed by atoms with Crippen molar-refractivity contribution < 1.29 is 4.79 Å². The maximum atomic E-state index is 11.7. The van der Waals surface area contributed by atoms with Gasteiger partial charge < -0.3 is 0 Å². The van der Waals surface area contributed by atoms with Crippen LogP contribution in [0, 0.1) is 11.3 Å². The van der Waals surface area contributed by atoms with Crippen LogP contribution in [0.2, 0.25) is 0 Å². The van der Waals surface area contributed by atoms with Crippen molar-refractivity contribution in [3.63, 3.8) is 0 Å². The molecule has 0 unspecified atom stereocenters. The summed E-state index contributed by atoms with van der Waals surface area (Å²) in [6.07, 6.45) is 6.21. The average Bonchev–Trinajstić information content (AvgIpc) is 2.69. The van der Waals surface area contributed by atoms with Crippen molar-refractivity contribution in [3.8, 4) is 0 Å². The Hall–Kier alpha value is -1.11. The lowest BCUT2D eigenvalue weighted by Gasteiger charge is -2.30. The summed E-state index contributed by atoms with van der Waals surface area (Å²) in [6, 6.07) is 10.7. The molecular formula is C17H24O. The molecule has 0 amide bonds. The lowest BCUT2D eigenvalue weighted by molar-refractivity contribution is -0.118. The summed E-state index contributed by atoms with van der Waals surface area (Å²) in [6.45, 7) is 4.54. The Bertz CT molecular complexity index is 393. The fourth-order valence-corrected chi connectivity index (χ4v) is 3.41. The summed E-state index contributed by atoms with van der Waals surface area (Å²) in [4.78, 5) is 11.7.